The van der Waals surface area contributed by atoms with E-state index in [1.807, 2.05) is 32.0 Å². The van der Waals surface area contributed by atoms with Crippen molar-refractivity contribution in [1.82, 2.24) is 20.4 Å². The number of nitrogens with zero attached hydrogens (tertiary/aromatic N) is 3. The molecule has 0 fully saturated rings. The van der Waals surface area contributed by atoms with Crippen LogP contribution >= 0.6 is 0 Å². The first kappa shape index (κ1) is 17.3. The average Bonchev–Trinajstić information content (AvgIpc) is 2.53. The number of nitrogens with one attached hydrogen (secondary N) is 1. The summed E-state index contributed by atoms with van der Waals surface area (Å²) < 4.78 is 5.89. The molecule has 124 valence electrons. The number of aryl methyl sites for hydroxylation is 2. The number of pyridine rings is 1. The first-order valence-corrected chi connectivity index (χ1v) is 7.86. The molecule has 0 aromatic carbocycles. The van der Waals surface area contributed by atoms with Crippen LogP contribution in [0.1, 0.15) is 31.8 Å². The Morgan fingerprint density at radius 2 is 1.87 bits per heavy atom. The number of hydrogen-bond donors (Lipinski definition) is 2. The summed E-state index contributed by atoms with van der Waals surface area (Å²) in [6.45, 7) is 8.66. The summed E-state index contributed by atoms with van der Waals surface area (Å²) in [5.74, 6) is 7.37. The number of aromatic nitrogens is 3. The molecular weight excluding hydrogens is 290 g/mol. The molecule has 23 heavy (non-hydrogen) atoms. The van der Waals surface area contributed by atoms with Crippen molar-refractivity contribution in [2.45, 2.75) is 40.2 Å². The maximum atomic E-state index is 5.89. The quantitative estimate of drug-likeness (QED) is 0.603. The Labute approximate surface area is 137 Å². The molecule has 0 aliphatic carbocycles. The molecule has 2 heterocycles. The second-order valence-corrected chi connectivity index (χ2v) is 5.99. The molecule has 0 saturated heterocycles. The van der Waals surface area contributed by atoms with Crippen LogP contribution in [0.3, 0.4) is 0 Å². The Morgan fingerprint density at radius 1 is 1.13 bits per heavy atom. The Kier molecular flexibility index (Phi) is 6.01. The number of nitrogens with two attached hydrogens (primary N) is 1. The van der Waals surface area contributed by atoms with Gasteiger partial charge in [0, 0.05) is 12.2 Å². The van der Waals surface area contributed by atoms with Crippen molar-refractivity contribution >= 4 is 0 Å². The zero-order valence-corrected chi connectivity index (χ0v) is 14.2. The van der Waals surface area contributed by atoms with Gasteiger partial charge in [0.1, 0.15) is 11.6 Å². The Bertz CT molecular complexity index is 647. The summed E-state index contributed by atoms with van der Waals surface area (Å²) in [6, 6.07) is 6.01. The van der Waals surface area contributed by atoms with Crippen LogP contribution in [0.5, 0.6) is 5.75 Å². The summed E-state index contributed by atoms with van der Waals surface area (Å²) in [6.07, 6.45) is 2.70. The molecule has 6 heteroatoms. The van der Waals surface area contributed by atoms with E-state index in [1.165, 1.54) is 0 Å². The summed E-state index contributed by atoms with van der Waals surface area (Å²) >= 11 is 0. The summed E-state index contributed by atoms with van der Waals surface area (Å²) in [4.78, 5) is 13.1. The SMILES string of the molecule is Cc1nccc(-c2ccc(OCC(C)CC(C)NN)c(C)n2)n1. The van der Waals surface area contributed by atoms with Crippen LogP contribution in [0.15, 0.2) is 24.4 Å². The molecular formula is C17H25N5O. The standard InChI is InChI=1S/C17H25N5O/c1-11(9-12(2)22-18)10-23-17-6-5-15(20-13(17)3)16-7-8-19-14(4)21-16/h5-8,11-12,22H,9-10,18H2,1-4H3. The highest BCUT2D eigenvalue weighted by Crippen LogP contribution is 2.22. The monoisotopic (exact) mass is 315 g/mol. The van der Waals surface area contributed by atoms with Crippen LogP contribution in [0.4, 0.5) is 0 Å². The molecule has 0 radical (unpaired) electrons. The highest BCUT2D eigenvalue weighted by atomic mass is 16.5. The van der Waals surface area contributed by atoms with Gasteiger partial charge >= 0.3 is 0 Å². The lowest BCUT2D eigenvalue weighted by Crippen LogP contribution is -2.34. The summed E-state index contributed by atoms with van der Waals surface area (Å²) in [5.41, 5.74) is 5.26. The highest BCUT2D eigenvalue weighted by Gasteiger charge is 2.11. The van der Waals surface area contributed by atoms with Gasteiger partial charge in [0.15, 0.2) is 0 Å². The normalized spacial score (nSPS) is 13.6. The number of hydrazine groups is 1. The molecule has 2 aromatic heterocycles. The van der Waals surface area contributed by atoms with Gasteiger partial charge in [-0.15, -0.1) is 0 Å². The largest absolute Gasteiger partial charge is 0.491 e. The predicted octanol–water partition coefficient (Wildman–Crippen LogP) is 2.41. The average molecular weight is 315 g/mol. The van der Waals surface area contributed by atoms with Crippen LogP contribution in [-0.2, 0) is 0 Å². The first-order chi connectivity index (χ1) is 11.0. The molecule has 2 atom stereocenters. The van der Waals surface area contributed by atoms with E-state index < -0.39 is 0 Å². The fourth-order valence-corrected chi connectivity index (χ4v) is 2.41. The molecule has 0 spiro atoms. The second kappa shape index (κ2) is 7.99. The van der Waals surface area contributed by atoms with Gasteiger partial charge < -0.3 is 4.74 Å². The maximum absolute atomic E-state index is 5.89. The van der Waals surface area contributed by atoms with E-state index in [1.54, 1.807) is 6.20 Å². The fraction of sp³-hybridized carbons (Fsp3) is 0.471. The van der Waals surface area contributed by atoms with Crippen molar-refractivity contribution in [3.05, 3.63) is 35.9 Å². The van der Waals surface area contributed by atoms with Gasteiger partial charge in [-0.3, -0.25) is 11.3 Å². The third-order valence-corrected chi connectivity index (χ3v) is 3.64. The molecule has 0 amide bonds. The number of hydrogen-bond acceptors (Lipinski definition) is 6. The molecule has 6 nitrogen and oxygen atoms in total. The van der Waals surface area contributed by atoms with Crippen molar-refractivity contribution in [2.24, 2.45) is 11.8 Å². The minimum absolute atomic E-state index is 0.274. The molecule has 3 N–H and O–H groups in total. The van der Waals surface area contributed by atoms with E-state index in [-0.39, 0.29) is 6.04 Å². The van der Waals surface area contributed by atoms with Crippen LogP contribution in [0, 0.1) is 19.8 Å². The molecule has 0 bridgehead atoms. The van der Waals surface area contributed by atoms with Crippen LogP contribution in [0.25, 0.3) is 11.4 Å². The van der Waals surface area contributed by atoms with Crippen LogP contribution < -0.4 is 16.0 Å². The maximum Gasteiger partial charge on any atom is 0.140 e. The molecule has 0 aliphatic rings. The lowest BCUT2D eigenvalue weighted by molar-refractivity contribution is 0.238. The van der Waals surface area contributed by atoms with Crippen molar-refractivity contribution in [1.29, 1.82) is 0 Å². The zero-order valence-electron chi connectivity index (χ0n) is 14.2. The van der Waals surface area contributed by atoms with E-state index in [9.17, 15) is 0 Å². The lowest BCUT2D eigenvalue weighted by atomic mass is 10.0. The predicted molar refractivity (Wildman–Crippen MR) is 90.8 cm³/mol. The minimum atomic E-state index is 0.274. The Hall–Kier alpha value is -2.05. The third kappa shape index (κ3) is 4.97. The smallest absolute Gasteiger partial charge is 0.140 e. The molecule has 2 unspecified atom stereocenters. The molecule has 0 aliphatic heterocycles. The number of ether oxygens (including phenoxy) is 1. The lowest BCUT2D eigenvalue weighted by Gasteiger charge is -2.18. The summed E-state index contributed by atoms with van der Waals surface area (Å²) in [5, 5.41) is 0. The summed E-state index contributed by atoms with van der Waals surface area (Å²) in [7, 11) is 0. The Balaban J connectivity index is 2.02. The van der Waals surface area contributed by atoms with Gasteiger partial charge in [-0.2, -0.15) is 0 Å². The second-order valence-electron chi connectivity index (χ2n) is 5.99. The van der Waals surface area contributed by atoms with Gasteiger partial charge in [0.25, 0.3) is 0 Å². The van der Waals surface area contributed by atoms with E-state index in [0.29, 0.717) is 12.5 Å². The highest BCUT2D eigenvalue weighted by molar-refractivity contribution is 5.55. The minimum Gasteiger partial charge on any atom is -0.491 e. The van der Waals surface area contributed by atoms with E-state index >= 15 is 0 Å². The molecule has 2 rings (SSSR count). The van der Waals surface area contributed by atoms with E-state index in [0.717, 1.165) is 35.1 Å². The van der Waals surface area contributed by atoms with Crippen molar-refractivity contribution in [2.75, 3.05) is 6.61 Å². The van der Waals surface area contributed by atoms with Crippen molar-refractivity contribution in [3.8, 4) is 17.1 Å². The van der Waals surface area contributed by atoms with Crippen molar-refractivity contribution in [3.63, 3.8) is 0 Å². The van der Waals surface area contributed by atoms with E-state index in [2.05, 4.69) is 34.2 Å². The van der Waals surface area contributed by atoms with Crippen LogP contribution in [-0.4, -0.2) is 27.6 Å². The number of rotatable bonds is 7. The molecule has 2 aromatic rings. The molecule has 0 saturated carbocycles. The third-order valence-electron chi connectivity index (χ3n) is 3.64. The van der Waals surface area contributed by atoms with Gasteiger partial charge in [-0.25, -0.2) is 15.0 Å². The topological polar surface area (TPSA) is 86.0 Å². The zero-order chi connectivity index (χ0) is 16.8. The fourth-order valence-electron chi connectivity index (χ4n) is 2.41. The van der Waals surface area contributed by atoms with Gasteiger partial charge in [-0.05, 0) is 51.3 Å². The first-order valence-electron chi connectivity index (χ1n) is 7.86. The van der Waals surface area contributed by atoms with E-state index in [4.69, 9.17) is 10.6 Å². The van der Waals surface area contributed by atoms with Crippen LogP contribution in [0.2, 0.25) is 0 Å². The Morgan fingerprint density at radius 3 is 2.52 bits per heavy atom. The van der Waals surface area contributed by atoms with Gasteiger partial charge in [0.05, 0.1) is 23.7 Å². The van der Waals surface area contributed by atoms with Gasteiger partial charge in [0.2, 0.25) is 0 Å². The van der Waals surface area contributed by atoms with Crippen molar-refractivity contribution < 1.29 is 4.74 Å². The van der Waals surface area contributed by atoms with Gasteiger partial charge in [-0.1, -0.05) is 6.92 Å².